The van der Waals surface area contributed by atoms with E-state index < -0.39 is 0 Å². The zero-order valence-corrected chi connectivity index (χ0v) is 15.4. The minimum Gasteiger partial charge on any atom is -0.490 e. The zero-order chi connectivity index (χ0) is 17.2. The lowest BCUT2D eigenvalue weighted by Gasteiger charge is -2.36. The van der Waals surface area contributed by atoms with E-state index in [1.807, 2.05) is 12.1 Å². The quantitative estimate of drug-likeness (QED) is 0.840. The van der Waals surface area contributed by atoms with Crippen molar-refractivity contribution in [3.63, 3.8) is 0 Å². The summed E-state index contributed by atoms with van der Waals surface area (Å²) in [7, 11) is 0. The minimum atomic E-state index is 0.216. The second kappa shape index (κ2) is 7.36. The molecule has 0 N–H and O–H groups in total. The fraction of sp³-hybridized carbons (Fsp3) is 0.667. The van der Waals surface area contributed by atoms with Crippen LogP contribution in [0.1, 0.15) is 61.4 Å². The third-order valence-corrected chi connectivity index (χ3v) is 6.01. The van der Waals surface area contributed by atoms with Crippen LogP contribution in [0.15, 0.2) is 18.2 Å². The van der Waals surface area contributed by atoms with Crippen LogP contribution in [0.3, 0.4) is 0 Å². The first-order valence-electron chi connectivity index (χ1n) is 10.0. The number of hydrogen-bond donors (Lipinski definition) is 0. The van der Waals surface area contributed by atoms with Crippen molar-refractivity contribution in [2.24, 2.45) is 0 Å². The van der Waals surface area contributed by atoms with Gasteiger partial charge in [-0.2, -0.15) is 0 Å². The molecule has 4 heteroatoms. The molecule has 4 rings (SSSR count). The molecular weight excluding hydrogens is 312 g/mol. The summed E-state index contributed by atoms with van der Waals surface area (Å²) in [6, 6.07) is 6.40. The molecule has 0 bridgehead atoms. The number of piperidine rings is 1. The Morgan fingerprint density at radius 1 is 1.16 bits per heavy atom. The minimum absolute atomic E-state index is 0.216. The van der Waals surface area contributed by atoms with Gasteiger partial charge in [-0.25, -0.2) is 0 Å². The molecule has 1 amide bonds. The molecule has 0 saturated carbocycles. The summed E-state index contributed by atoms with van der Waals surface area (Å²) in [6.45, 7) is 6.62. The van der Waals surface area contributed by atoms with Crippen molar-refractivity contribution in [2.75, 3.05) is 26.2 Å². The van der Waals surface area contributed by atoms with Crippen molar-refractivity contribution in [1.29, 1.82) is 0 Å². The molecule has 2 saturated heterocycles. The van der Waals surface area contributed by atoms with Crippen molar-refractivity contribution in [2.45, 2.75) is 64.0 Å². The zero-order valence-electron chi connectivity index (χ0n) is 15.4. The molecule has 4 nitrogen and oxygen atoms in total. The highest BCUT2D eigenvalue weighted by Gasteiger charge is 2.29. The number of ether oxygens (including phenoxy) is 1. The maximum atomic E-state index is 13.2. The van der Waals surface area contributed by atoms with Crippen molar-refractivity contribution < 1.29 is 9.53 Å². The predicted octanol–water partition coefficient (Wildman–Crippen LogP) is 3.49. The fourth-order valence-corrected chi connectivity index (χ4v) is 4.63. The molecule has 0 spiro atoms. The monoisotopic (exact) mass is 342 g/mol. The molecule has 1 aromatic carbocycles. The van der Waals surface area contributed by atoms with Crippen LogP contribution in [-0.4, -0.2) is 54.0 Å². The van der Waals surface area contributed by atoms with Crippen LogP contribution in [0.25, 0.3) is 0 Å². The van der Waals surface area contributed by atoms with Crippen molar-refractivity contribution in [3.05, 3.63) is 29.3 Å². The molecule has 3 aliphatic rings. The average Bonchev–Trinajstić information content (AvgIpc) is 3.27. The molecule has 0 aromatic heterocycles. The molecule has 0 unspecified atom stereocenters. The lowest BCUT2D eigenvalue weighted by molar-refractivity contribution is 0.0588. The number of hydrogen-bond acceptors (Lipinski definition) is 3. The summed E-state index contributed by atoms with van der Waals surface area (Å²) in [5.74, 6) is 1.17. The first kappa shape index (κ1) is 16.9. The lowest BCUT2D eigenvalue weighted by Crippen LogP contribution is -2.45. The molecule has 1 aromatic rings. The van der Waals surface area contributed by atoms with Gasteiger partial charge < -0.3 is 14.5 Å². The Morgan fingerprint density at radius 2 is 1.96 bits per heavy atom. The van der Waals surface area contributed by atoms with E-state index in [1.54, 1.807) is 0 Å². The van der Waals surface area contributed by atoms with Gasteiger partial charge in [0.05, 0.1) is 0 Å². The molecule has 3 heterocycles. The van der Waals surface area contributed by atoms with Gasteiger partial charge in [0, 0.05) is 31.1 Å². The van der Waals surface area contributed by atoms with E-state index in [9.17, 15) is 4.79 Å². The van der Waals surface area contributed by atoms with Crippen LogP contribution >= 0.6 is 0 Å². The van der Waals surface area contributed by atoms with Gasteiger partial charge in [0.25, 0.3) is 5.91 Å². The van der Waals surface area contributed by atoms with E-state index in [4.69, 9.17) is 4.74 Å². The van der Waals surface area contributed by atoms with Crippen LogP contribution in [0.4, 0.5) is 0 Å². The second-order valence-electron chi connectivity index (χ2n) is 7.94. The third-order valence-electron chi connectivity index (χ3n) is 6.01. The standard InChI is InChI=1S/C21H30N2O2/c1-16-14-18-15-17(7-8-20(18)25-16)21(24)23-12-3-2-6-19(23)9-13-22-10-4-5-11-22/h7-8,15-16,19H,2-6,9-14H2,1H3/t16-,19-/m0/s1. The topological polar surface area (TPSA) is 32.8 Å². The molecular formula is C21H30N2O2. The normalized spacial score (nSPS) is 26.5. The maximum Gasteiger partial charge on any atom is 0.254 e. The van der Waals surface area contributed by atoms with E-state index in [0.717, 1.165) is 50.1 Å². The Balaban J connectivity index is 1.44. The van der Waals surface area contributed by atoms with Crippen LogP contribution in [0.5, 0.6) is 5.75 Å². The van der Waals surface area contributed by atoms with Gasteiger partial charge in [0.2, 0.25) is 0 Å². The molecule has 0 aliphatic carbocycles. The maximum absolute atomic E-state index is 13.2. The summed E-state index contributed by atoms with van der Waals surface area (Å²) >= 11 is 0. The lowest BCUT2D eigenvalue weighted by atomic mass is 9.97. The van der Waals surface area contributed by atoms with Gasteiger partial charge in [-0.3, -0.25) is 4.79 Å². The molecule has 3 aliphatic heterocycles. The highest BCUT2D eigenvalue weighted by molar-refractivity contribution is 5.95. The van der Waals surface area contributed by atoms with Gasteiger partial charge >= 0.3 is 0 Å². The van der Waals surface area contributed by atoms with Gasteiger partial charge in [-0.1, -0.05) is 0 Å². The Bertz CT molecular complexity index is 624. The van der Waals surface area contributed by atoms with Crippen molar-refractivity contribution in [3.8, 4) is 5.75 Å². The Kier molecular flexibility index (Phi) is 4.98. The number of rotatable bonds is 4. The van der Waals surface area contributed by atoms with Crippen molar-refractivity contribution >= 4 is 5.91 Å². The van der Waals surface area contributed by atoms with Gasteiger partial charge in [-0.15, -0.1) is 0 Å². The fourth-order valence-electron chi connectivity index (χ4n) is 4.63. The molecule has 2 fully saturated rings. The van der Waals surface area contributed by atoms with E-state index in [0.29, 0.717) is 6.04 Å². The third kappa shape index (κ3) is 3.69. The van der Waals surface area contributed by atoms with Gasteiger partial charge in [0.1, 0.15) is 11.9 Å². The van der Waals surface area contributed by atoms with E-state index in [1.165, 1.54) is 37.9 Å². The van der Waals surface area contributed by atoms with E-state index in [-0.39, 0.29) is 12.0 Å². The number of carbonyl (C=O) groups is 1. The number of benzene rings is 1. The van der Waals surface area contributed by atoms with Gasteiger partial charge in [0.15, 0.2) is 0 Å². The number of nitrogens with zero attached hydrogens (tertiary/aromatic N) is 2. The Labute approximate surface area is 151 Å². The number of fused-ring (bicyclic) bond motifs is 1. The smallest absolute Gasteiger partial charge is 0.254 e. The SMILES string of the molecule is C[C@H]1Cc2cc(C(=O)N3CCCC[C@H]3CCN3CCCC3)ccc2O1. The van der Waals surface area contributed by atoms with Crippen LogP contribution in [0.2, 0.25) is 0 Å². The van der Waals surface area contributed by atoms with Crippen LogP contribution in [0, 0.1) is 0 Å². The Morgan fingerprint density at radius 3 is 2.80 bits per heavy atom. The first-order chi connectivity index (χ1) is 12.2. The molecule has 0 radical (unpaired) electrons. The highest BCUT2D eigenvalue weighted by Crippen LogP contribution is 2.31. The molecule has 25 heavy (non-hydrogen) atoms. The average molecular weight is 342 g/mol. The number of amides is 1. The summed E-state index contributed by atoms with van der Waals surface area (Å²) in [4.78, 5) is 17.9. The van der Waals surface area contributed by atoms with Gasteiger partial charge in [-0.05, 0) is 82.3 Å². The van der Waals surface area contributed by atoms with Crippen LogP contribution < -0.4 is 4.74 Å². The summed E-state index contributed by atoms with van der Waals surface area (Å²) in [5.41, 5.74) is 2.02. The van der Waals surface area contributed by atoms with E-state index >= 15 is 0 Å². The Hall–Kier alpha value is -1.55. The van der Waals surface area contributed by atoms with Crippen molar-refractivity contribution in [1.82, 2.24) is 9.80 Å². The molecule has 136 valence electrons. The first-order valence-corrected chi connectivity index (χ1v) is 10.0. The predicted molar refractivity (Wildman–Crippen MR) is 99.2 cm³/mol. The highest BCUT2D eigenvalue weighted by atomic mass is 16.5. The summed E-state index contributed by atoms with van der Waals surface area (Å²) < 4.78 is 5.77. The van der Waals surface area contributed by atoms with Crippen LogP contribution in [-0.2, 0) is 6.42 Å². The van der Waals surface area contributed by atoms with E-state index in [2.05, 4.69) is 22.8 Å². The summed E-state index contributed by atoms with van der Waals surface area (Å²) in [5, 5.41) is 0. The second-order valence-corrected chi connectivity index (χ2v) is 7.94. The number of likely N-dealkylation sites (tertiary alicyclic amines) is 2. The molecule has 2 atom stereocenters. The summed E-state index contributed by atoms with van der Waals surface area (Å²) in [6.07, 6.45) is 8.48. The largest absolute Gasteiger partial charge is 0.490 e. The number of carbonyl (C=O) groups excluding carboxylic acids is 1.